The van der Waals surface area contributed by atoms with Crippen LogP contribution >= 0.6 is 11.3 Å². The van der Waals surface area contributed by atoms with E-state index >= 15 is 0 Å². The van der Waals surface area contributed by atoms with Crippen LogP contribution in [0.15, 0.2) is 0 Å². The number of aromatic nitrogens is 2. The van der Waals surface area contributed by atoms with Crippen LogP contribution in [0.25, 0.3) is 0 Å². The molecule has 0 aromatic carbocycles. The minimum atomic E-state index is 0.544. The average Bonchev–Trinajstić information content (AvgIpc) is 2.50. The number of likely N-dealkylation sites (N-methyl/N-ethyl adjacent to an activating group) is 1. The molecule has 0 saturated heterocycles. The van der Waals surface area contributed by atoms with Gasteiger partial charge in [-0.2, -0.15) is 0 Å². The Hall–Kier alpha value is -0.480. The molecule has 0 radical (unpaired) electrons. The molecule has 1 aromatic rings. The highest BCUT2D eigenvalue weighted by Gasteiger charge is 2.12. The van der Waals surface area contributed by atoms with Crippen LogP contribution in [-0.2, 0) is 6.42 Å². The molecular weight excluding hydrogens is 206 g/mol. The van der Waals surface area contributed by atoms with Gasteiger partial charge in [-0.15, -0.1) is 21.5 Å². The molecule has 1 atom stereocenters. The molecule has 0 saturated carbocycles. The van der Waals surface area contributed by atoms with E-state index in [0.717, 1.165) is 28.9 Å². The van der Waals surface area contributed by atoms with Gasteiger partial charge in [-0.3, -0.25) is 0 Å². The fraction of sp³-hybridized carbons (Fsp3) is 0.818. The van der Waals surface area contributed by atoms with Crippen molar-refractivity contribution in [2.45, 2.75) is 46.6 Å². The molecule has 0 aliphatic rings. The fourth-order valence-electron chi connectivity index (χ4n) is 1.73. The Bertz CT molecular complexity index is 283. The number of nitrogens with zero attached hydrogens (tertiary/aromatic N) is 2. The number of aryl methyl sites for hydroxylation is 1. The van der Waals surface area contributed by atoms with E-state index < -0.39 is 0 Å². The van der Waals surface area contributed by atoms with Crippen LogP contribution in [-0.4, -0.2) is 22.8 Å². The van der Waals surface area contributed by atoms with Gasteiger partial charge in [-0.25, -0.2) is 0 Å². The molecule has 1 rings (SSSR count). The van der Waals surface area contributed by atoms with Crippen molar-refractivity contribution in [3.8, 4) is 0 Å². The second-order valence-corrected chi connectivity index (χ2v) is 5.57. The summed E-state index contributed by atoms with van der Waals surface area (Å²) in [5.41, 5.74) is 0. The lowest BCUT2D eigenvalue weighted by Crippen LogP contribution is -2.32. The summed E-state index contributed by atoms with van der Waals surface area (Å²) in [5.74, 6) is 0.725. The van der Waals surface area contributed by atoms with Crippen molar-refractivity contribution in [1.82, 2.24) is 15.5 Å². The summed E-state index contributed by atoms with van der Waals surface area (Å²) in [6, 6.07) is 0.544. The van der Waals surface area contributed by atoms with Crippen LogP contribution < -0.4 is 5.32 Å². The van der Waals surface area contributed by atoms with Gasteiger partial charge in [0.1, 0.15) is 10.0 Å². The lowest BCUT2D eigenvalue weighted by Gasteiger charge is -2.18. The van der Waals surface area contributed by atoms with Crippen LogP contribution in [0, 0.1) is 12.8 Å². The molecule has 4 heteroatoms. The quantitative estimate of drug-likeness (QED) is 0.811. The number of nitrogens with one attached hydrogen (secondary N) is 1. The van der Waals surface area contributed by atoms with Crippen molar-refractivity contribution >= 4 is 11.3 Å². The second kappa shape index (κ2) is 6.18. The van der Waals surface area contributed by atoms with Gasteiger partial charge in [0, 0.05) is 12.5 Å². The van der Waals surface area contributed by atoms with E-state index in [2.05, 4.69) is 36.3 Å². The normalized spacial score (nSPS) is 13.4. The van der Waals surface area contributed by atoms with Crippen LogP contribution in [0.2, 0.25) is 0 Å². The smallest absolute Gasteiger partial charge is 0.118 e. The summed E-state index contributed by atoms with van der Waals surface area (Å²) in [5, 5.41) is 13.9. The average molecular weight is 227 g/mol. The highest BCUT2D eigenvalue weighted by molar-refractivity contribution is 7.11. The zero-order valence-corrected chi connectivity index (χ0v) is 10.9. The van der Waals surface area contributed by atoms with Gasteiger partial charge < -0.3 is 5.32 Å². The topological polar surface area (TPSA) is 37.8 Å². The van der Waals surface area contributed by atoms with E-state index in [0.29, 0.717) is 6.04 Å². The Labute approximate surface area is 96.3 Å². The van der Waals surface area contributed by atoms with E-state index in [9.17, 15) is 0 Å². The van der Waals surface area contributed by atoms with Crippen molar-refractivity contribution in [1.29, 1.82) is 0 Å². The first-order valence-corrected chi connectivity index (χ1v) is 6.45. The molecule has 0 aliphatic carbocycles. The van der Waals surface area contributed by atoms with Gasteiger partial charge in [0.25, 0.3) is 0 Å². The molecule has 0 spiro atoms. The summed E-state index contributed by atoms with van der Waals surface area (Å²) in [4.78, 5) is 0. The standard InChI is InChI=1S/C11H21N3S/c1-5-12-10(6-8(2)3)7-11-14-13-9(4)15-11/h8,10,12H,5-7H2,1-4H3. The Kier molecular flexibility index (Phi) is 5.19. The van der Waals surface area contributed by atoms with Gasteiger partial charge in [0.2, 0.25) is 0 Å². The minimum Gasteiger partial charge on any atom is -0.314 e. The SMILES string of the molecule is CCNC(Cc1nnc(C)s1)CC(C)C. The Morgan fingerprint density at radius 3 is 2.53 bits per heavy atom. The molecule has 86 valence electrons. The summed E-state index contributed by atoms with van der Waals surface area (Å²) >= 11 is 1.71. The molecular formula is C11H21N3S. The Morgan fingerprint density at radius 2 is 2.07 bits per heavy atom. The molecule has 0 aliphatic heterocycles. The predicted octanol–water partition coefficient (Wildman–Crippen LogP) is 2.41. The van der Waals surface area contributed by atoms with Crippen LogP contribution in [0.3, 0.4) is 0 Å². The van der Waals surface area contributed by atoms with Gasteiger partial charge in [0.15, 0.2) is 0 Å². The van der Waals surface area contributed by atoms with E-state index in [4.69, 9.17) is 0 Å². The molecule has 0 amide bonds. The summed E-state index contributed by atoms with van der Waals surface area (Å²) in [7, 11) is 0. The third-order valence-corrected chi connectivity index (χ3v) is 3.10. The Balaban J connectivity index is 2.50. The highest BCUT2D eigenvalue weighted by Crippen LogP contribution is 2.14. The van der Waals surface area contributed by atoms with Gasteiger partial charge in [-0.1, -0.05) is 20.8 Å². The molecule has 15 heavy (non-hydrogen) atoms. The number of rotatable bonds is 6. The summed E-state index contributed by atoms with van der Waals surface area (Å²) in [6.45, 7) is 9.70. The summed E-state index contributed by atoms with van der Waals surface area (Å²) in [6.07, 6.45) is 2.21. The number of hydrogen-bond acceptors (Lipinski definition) is 4. The molecule has 1 unspecified atom stereocenters. The minimum absolute atomic E-state index is 0.544. The molecule has 1 N–H and O–H groups in total. The predicted molar refractivity (Wildman–Crippen MR) is 65.3 cm³/mol. The van der Waals surface area contributed by atoms with Crippen molar-refractivity contribution in [2.75, 3.05) is 6.54 Å². The maximum Gasteiger partial charge on any atom is 0.118 e. The molecule has 1 heterocycles. The summed E-state index contributed by atoms with van der Waals surface area (Å²) < 4.78 is 0. The molecule has 0 fully saturated rings. The lowest BCUT2D eigenvalue weighted by molar-refractivity contribution is 0.422. The maximum atomic E-state index is 4.17. The van der Waals surface area contributed by atoms with Crippen molar-refractivity contribution < 1.29 is 0 Å². The largest absolute Gasteiger partial charge is 0.314 e. The van der Waals surface area contributed by atoms with Gasteiger partial charge >= 0.3 is 0 Å². The number of hydrogen-bond donors (Lipinski definition) is 1. The first kappa shape index (κ1) is 12.6. The van der Waals surface area contributed by atoms with E-state index in [-0.39, 0.29) is 0 Å². The monoisotopic (exact) mass is 227 g/mol. The first-order chi connectivity index (χ1) is 7.11. The first-order valence-electron chi connectivity index (χ1n) is 5.64. The third kappa shape index (κ3) is 4.71. The van der Waals surface area contributed by atoms with Crippen molar-refractivity contribution in [3.05, 3.63) is 10.0 Å². The second-order valence-electron chi connectivity index (χ2n) is 4.30. The van der Waals surface area contributed by atoms with Crippen molar-refractivity contribution in [3.63, 3.8) is 0 Å². The van der Waals surface area contributed by atoms with E-state index in [1.54, 1.807) is 11.3 Å². The molecule has 0 bridgehead atoms. The van der Waals surface area contributed by atoms with E-state index in [1.165, 1.54) is 6.42 Å². The van der Waals surface area contributed by atoms with Crippen LogP contribution in [0.4, 0.5) is 0 Å². The van der Waals surface area contributed by atoms with Gasteiger partial charge in [-0.05, 0) is 25.8 Å². The highest BCUT2D eigenvalue weighted by atomic mass is 32.1. The van der Waals surface area contributed by atoms with Crippen molar-refractivity contribution in [2.24, 2.45) is 5.92 Å². The molecule has 1 aromatic heterocycles. The van der Waals surface area contributed by atoms with Gasteiger partial charge in [0.05, 0.1) is 0 Å². The zero-order valence-electron chi connectivity index (χ0n) is 10.1. The fourth-order valence-corrected chi connectivity index (χ4v) is 2.52. The maximum absolute atomic E-state index is 4.17. The zero-order chi connectivity index (χ0) is 11.3. The third-order valence-electron chi connectivity index (χ3n) is 2.24. The van der Waals surface area contributed by atoms with Crippen LogP contribution in [0.1, 0.15) is 37.2 Å². The van der Waals surface area contributed by atoms with Crippen LogP contribution in [0.5, 0.6) is 0 Å². The molecule has 3 nitrogen and oxygen atoms in total. The Morgan fingerprint density at radius 1 is 1.33 bits per heavy atom. The lowest BCUT2D eigenvalue weighted by atomic mass is 10.0. The van der Waals surface area contributed by atoms with E-state index in [1.807, 2.05) is 6.92 Å².